The van der Waals surface area contributed by atoms with Gasteiger partial charge >= 0.3 is 0 Å². The SMILES string of the molecule is Cc1ccc2c(c1)CCN(C(=O)Cc1ccc3oc(C(C)(O)c4cccc[n+]4[O-])cc3c1)C2c1ccccc1. The standard InChI is InChI=1S/C33H30N2O4/c1-22-11-13-27-25(18-22)15-17-34(32(27)24-8-4-3-5-9-24)31(36)20-23-12-14-28-26(19-23)21-30(39-28)33(2,37)29-10-6-7-16-35(29)38/h3-14,16,18-19,21,32,37H,15,17,20H2,1-2H3. The Kier molecular flexibility index (Phi) is 6.20. The van der Waals surface area contributed by atoms with Gasteiger partial charge in [-0.05, 0) is 66.8 Å². The molecule has 196 valence electrons. The number of amides is 1. The third kappa shape index (κ3) is 4.57. The molecule has 0 spiro atoms. The lowest BCUT2D eigenvalue weighted by Crippen LogP contribution is -2.41. The van der Waals surface area contributed by atoms with E-state index in [0.29, 0.717) is 16.9 Å². The van der Waals surface area contributed by atoms with E-state index in [2.05, 4.69) is 37.3 Å². The summed E-state index contributed by atoms with van der Waals surface area (Å²) in [6.07, 6.45) is 2.42. The van der Waals surface area contributed by atoms with Crippen molar-refractivity contribution in [3.63, 3.8) is 0 Å². The molecule has 1 aliphatic heterocycles. The van der Waals surface area contributed by atoms with Crippen LogP contribution < -0.4 is 4.73 Å². The second kappa shape index (κ2) is 9.71. The van der Waals surface area contributed by atoms with E-state index in [0.717, 1.165) is 22.9 Å². The summed E-state index contributed by atoms with van der Waals surface area (Å²) in [5.41, 5.74) is 4.81. The zero-order valence-electron chi connectivity index (χ0n) is 22.0. The summed E-state index contributed by atoms with van der Waals surface area (Å²) in [5.74, 6) is 0.325. The van der Waals surface area contributed by atoms with Crippen LogP contribution in [0, 0.1) is 12.1 Å². The van der Waals surface area contributed by atoms with Crippen LogP contribution in [0.4, 0.5) is 0 Å². The maximum Gasteiger partial charge on any atom is 0.232 e. The molecule has 0 saturated carbocycles. The number of benzene rings is 3. The molecule has 1 aliphatic rings. The highest BCUT2D eigenvalue weighted by Crippen LogP contribution is 2.37. The molecule has 0 saturated heterocycles. The summed E-state index contributed by atoms with van der Waals surface area (Å²) in [6.45, 7) is 4.30. The minimum absolute atomic E-state index is 0.0572. The minimum atomic E-state index is -1.61. The highest BCUT2D eigenvalue weighted by atomic mass is 16.5. The van der Waals surface area contributed by atoms with Crippen molar-refractivity contribution in [1.29, 1.82) is 0 Å². The summed E-state index contributed by atoms with van der Waals surface area (Å²) in [7, 11) is 0. The Morgan fingerprint density at radius 3 is 2.64 bits per heavy atom. The van der Waals surface area contributed by atoms with Gasteiger partial charge < -0.3 is 19.6 Å². The molecule has 0 aliphatic carbocycles. The fourth-order valence-corrected chi connectivity index (χ4v) is 5.67. The predicted octanol–water partition coefficient (Wildman–Crippen LogP) is 5.35. The van der Waals surface area contributed by atoms with Crippen LogP contribution in [0.3, 0.4) is 0 Å². The van der Waals surface area contributed by atoms with Crippen LogP contribution in [0.2, 0.25) is 0 Å². The Balaban J connectivity index is 1.29. The third-order valence-electron chi connectivity index (χ3n) is 7.70. The molecule has 2 aromatic heterocycles. The topological polar surface area (TPSA) is 80.6 Å². The average molecular weight is 519 g/mol. The smallest absolute Gasteiger partial charge is 0.232 e. The highest BCUT2D eigenvalue weighted by molar-refractivity contribution is 5.84. The number of hydrogen-bond donors (Lipinski definition) is 1. The first-order chi connectivity index (χ1) is 18.8. The van der Waals surface area contributed by atoms with Crippen LogP contribution in [0.1, 0.15) is 52.2 Å². The number of aliphatic hydroxyl groups is 1. The van der Waals surface area contributed by atoms with Crippen LogP contribution >= 0.6 is 0 Å². The molecule has 6 rings (SSSR count). The van der Waals surface area contributed by atoms with Crippen LogP contribution in [-0.4, -0.2) is 22.5 Å². The molecule has 1 N–H and O–H groups in total. The normalized spacial score (nSPS) is 16.6. The Morgan fingerprint density at radius 2 is 1.85 bits per heavy atom. The van der Waals surface area contributed by atoms with E-state index in [-0.39, 0.29) is 29.8 Å². The molecule has 0 bridgehead atoms. The molecule has 3 aromatic carbocycles. The van der Waals surface area contributed by atoms with Crippen molar-refractivity contribution in [2.75, 3.05) is 6.54 Å². The lowest BCUT2D eigenvalue weighted by atomic mass is 9.87. The third-order valence-corrected chi connectivity index (χ3v) is 7.70. The van der Waals surface area contributed by atoms with E-state index in [1.165, 1.54) is 29.8 Å². The number of nitrogens with zero attached hydrogens (tertiary/aromatic N) is 2. The van der Waals surface area contributed by atoms with Crippen molar-refractivity contribution in [3.8, 4) is 0 Å². The highest BCUT2D eigenvalue weighted by Gasteiger charge is 2.37. The molecule has 6 nitrogen and oxygen atoms in total. The van der Waals surface area contributed by atoms with Crippen molar-refractivity contribution in [2.24, 2.45) is 0 Å². The Labute approximate surface area is 227 Å². The maximum absolute atomic E-state index is 13.8. The molecule has 2 unspecified atom stereocenters. The van der Waals surface area contributed by atoms with Gasteiger partial charge in [-0.25, -0.2) is 0 Å². The van der Waals surface area contributed by atoms with Gasteiger partial charge in [0.1, 0.15) is 11.3 Å². The van der Waals surface area contributed by atoms with Crippen molar-refractivity contribution >= 4 is 16.9 Å². The van der Waals surface area contributed by atoms with E-state index in [1.807, 2.05) is 41.3 Å². The molecule has 2 atom stereocenters. The van der Waals surface area contributed by atoms with E-state index < -0.39 is 5.60 Å². The molecule has 5 aromatic rings. The molecule has 3 heterocycles. The first-order valence-corrected chi connectivity index (χ1v) is 13.2. The molecule has 0 fully saturated rings. The van der Waals surface area contributed by atoms with Gasteiger partial charge in [-0.1, -0.05) is 60.2 Å². The molecule has 39 heavy (non-hydrogen) atoms. The number of furan rings is 1. The number of aromatic nitrogens is 1. The summed E-state index contributed by atoms with van der Waals surface area (Å²) in [6, 6.07) is 28.8. The van der Waals surface area contributed by atoms with Gasteiger partial charge in [-0.2, -0.15) is 4.73 Å². The fourth-order valence-electron chi connectivity index (χ4n) is 5.67. The number of carbonyl (C=O) groups excluding carboxylic acids is 1. The quantitative estimate of drug-likeness (QED) is 0.251. The molecule has 0 radical (unpaired) electrons. The van der Waals surface area contributed by atoms with Gasteiger partial charge in [0.2, 0.25) is 17.2 Å². The molecular formula is C33H30N2O4. The van der Waals surface area contributed by atoms with Crippen LogP contribution in [0.15, 0.2) is 102 Å². The van der Waals surface area contributed by atoms with Gasteiger partial charge in [0.15, 0.2) is 6.20 Å². The van der Waals surface area contributed by atoms with Crippen molar-refractivity contribution in [2.45, 2.75) is 38.3 Å². The van der Waals surface area contributed by atoms with E-state index >= 15 is 0 Å². The van der Waals surface area contributed by atoms with Crippen molar-refractivity contribution in [1.82, 2.24) is 4.90 Å². The number of aryl methyl sites for hydroxylation is 1. The van der Waals surface area contributed by atoms with Crippen LogP contribution in [-0.2, 0) is 23.2 Å². The lowest BCUT2D eigenvalue weighted by molar-refractivity contribution is -0.621. The second-order valence-corrected chi connectivity index (χ2v) is 10.5. The van der Waals surface area contributed by atoms with Crippen molar-refractivity contribution < 1.29 is 19.0 Å². The summed E-state index contributed by atoms with van der Waals surface area (Å²) in [4.78, 5) is 15.8. The molecule has 6 heteroatoms. The van der Waals surface area contributed by atoms with Gasteiger partial charge in [0, 0.05) is 24.1 Å². The Hall–Kier alpha value is -4.42. The zero-order chi connectivity index (χ0) is 27.1. The number of carbonyl (C=O) groups is 1. The monoisotopic (exact) mass is 518 g/mol. The van der Waals surface area contributed by atoms with E-state index in [1.54, 1.807) is 24.3 Å². The predicted molar refractivity (Wildman–Crippen MR) is 149 cm³/mol. The fraction of sp³-hybridized carbons (Fsp3) is 0.212. The number of fused-ring (bicyclic) bond motifs is 2. The Bertz CT molecular complexity index is 1670. The lowest BCUT2D eigenvalue weighted by Gasteiger charge is -2.38. The van der Waals surface area contributed by atoms with Crippen molar-refractivity contribution in [3.05, 3.63) is 142 Å². The van der Waals surface area contributed by atoms with Gasteiger partial charge in [-0.15, -0.1) is 0 Å². The van der Waals surface area contributed by atoms with Crippen LogP contribution in [0.25, 0.3) is 11.0 Å². The summed E-state index contributed by atoms with van der Waals surface area (Å²) >= 11 is 0. The number of hydrogen-bond acceptors (Lipinski definition) is 4. The van der Waals surface area contributed by atoms with Gasteiger partial charge in [0.05, 0.1) is 12.5 Å². The number of pyridine rings is 1. The summed E-state index contributed by atoms with van der Waals surface area (Å²) in [5, 5.41) is 24.2. The first kappa shape index (κ1) is 24.9. The van der Waals surface area contributed by atoms with Gasteiger partial charge in [-0.3, -0.25) is 4.79 Å². The first-order valence-electron chi connectivity index (χ1n) is 13.2. The van der Waals surface area contributed by atoms with E-state index in [9.17, 15) is 15.1 Å². The minimum Gasteiger partial charge on any atom is -0.618 e. The summed E-state index contributed by atoms with van der Waals surface area (Å²) < 4.78 is 6.58. The Morgan fingerprint density at radius 1 is 1.05 bits per heavy atom. The largest absolute Gasteiger partial charge is 0.618 e. The van der Waals surface area contributed by atoms with E-state index in [4.69, 9.17) is 4.42 Å². The van der Waals surface area contributed by atoms with Gasteiger partial charge in [0.25, 0.3) is 0 Å². The molecular weight excluding hydrogens is 488 g/mol. The number of rotatable bonds is 5. The molecule has 1 amide bonds. The zero-order valence-corrected chi connectivity index (χ0v) is 22.0. The average Bonchev–Trinajstić information content (AvgIpc) is 3.37. The maximum atomic E-state index is 13.8. The van der Waals surface area contributed by atoms with Crippen LogP contribution in [0.5, 0.6) is 0 Å². The second-order valence-electron chi connectivity index (χ2n) is 10.5.